The summed E-state index contributed by atoms with van der Waals surface area (Å²) < 4.78 is 15.9. The molecule has 0 aliphatic carbocycles. The van der Waals surface area contributed by atoms with Crippen molar-refractivity contribution in [2.24, 2.45) is 0 Å². The zero-order valence-electron chi connectivity index (χ0n) is 16.3. The predicted molar refractivity (Wildman–Crippen MR) is 112 cm³/mol. The highest BCUT2D eigenvalue weighted by Crippen LogP contribution is 2.28. The van der Waals surface area contributed by atoms with Gasteiger partial charge in [0.05, 0.1) is 16.7 Å². The minimum atomic E-state index is -0.221. The van der Waals surface area contributed by atoms with Gasteiger partial charge in [-0.2, -0.15) is 0 Å². The van der Waals surface area contributed by atoms with Gasteiger partial charge in [0, 0.05) is 25.0 Å². The standard InChI is InChI=1S/C22H24FN5/c1-3-17-20-14-15-13-16(23)5-7-19(15)28(20)22-18(24-17)6-8-21(25-22)27-10-4-9-26(2)11-12-27/h5-8,13-14H,3-4,9-12H2,1-2H3. The average molecular weight is 377 g/mol. The fourth-order valence-electron chi connectivity index (χ4n) is 4.22. The van der Waals surface area contributed by atoms with Crippen LogP contribution in [0, 0.1) is 5.82 Å². The molecule has 1 aliphatic rings. The van der Waals surface area contributed by atoms with E-state index in [0.29, 0.717) is 0 Å². The van der Waals surface area contributed by atoms with E-state index >= 15 is 0 Å². The molecule has 0 saturated carbocycles. The summed E-state index contributed by atoms with van der Waals surface area (Å²) in [5, 5.41) is 0.882. The van der Waals surface area contributed by atoms with Crippen molar-refractivity contribution in [1.29, 1.82) is 0 Å². The number of halogens is 1. The van der Waals surface area contributed by atoms with Crippen molar-refractivity contribution in [3.63, 3.8) is 0 Å². The molecule has 0 spiro atoms. The summed E-state index contributed by atoms with van der Waals surface area (Å²) >= 11 is 0. The quantitative estimate of drug-likeness (QED) is 0.531. The molecule has 3 aromatic heterocycles. The average Bonchev–Trinajstić information content (AvgIpc) is 2.94. The molecule has 4 aromatic rings. The summed E-state index contributed by atoms with van der Waals surface area (Å²) in [6.45, 7) is 6.22. The summed E-state index contributed by atoms with van der Waals surface area (Å²) in [6.07, 6.45) is 1.95. The molecule has 0 atom stereocenters. The van der Waals surface area contributed by atoms with E-state index in [1.165, 1.54) is 6.07 Å². The van der Waals surface area contributed by atoms with Crippen LogP contribution >= 0.6 is 0 Å². The van der Waals surface area contributed by atoms with Crippen molar-refractivity contribution in [2.45, 2.75) is 19.8 Å². The van der Waals surface area contributed by atoms with Gasteiger partial charge >= 0.3 is 0 Å². The third-order valence-electron chi connectivity index (χ3n) is 5.74. The molecule has 5 nitrogen and oxygen atoms in total. The van der Waals surface area contributed by atoms with E-state index in [1.807, 2.05) is 12.1 Å². The van der Waals surface area contributed by atoms with Gasteiger partial charge in [0.15, 0.2) is 5.65 Å². The van der Waals surface area contributed by atoms with Crippen LogP contribution < -0.4 is 4.90 Å². The minimum Gasteiger partial charge on any atom is -0.355 e. The molecule has 6 heteroatoms. The second-order valence-electron chi connectivity index (χ2n) is 7.64. The van der Waals surface area contributed by atoms with Crippen LogP contribution in [0.1, 0.15) is 19.0 Å². The maximum Gasteiger partial charge on any atom is 0.166 e. The lowest BCUT2D eigenvalue weighted by Crippen LogP contribution is -2.29. The number of pyridine rings is 1. The Hall–Kier alpha value is -2.73. The van der Waals surface area contributed by atoms with Gasteiger partial charge in [-0.25, -0.2) is 14.4 Å². The van der Waals surface area contributed by atoms with E-state index in [4.69, 9.17) is 9.97 Å². The molecule has 0 N–H and O–H groups in total. The van der Waals surface area contributed by atoms with Gasteiger partial charge in [-0.3, -0.25) is 4.40 Å². The molecule has 4 heterocycles. The van der Waals surface area contributed by atoms with Crippen LogP contribution in [0.4, 0.5) is 10.2 Å². The van der Waals surface area contributed by atoms with E-state index in [9.17, 15) is 4.39 Å². The third kappa shape index (κ3) is 2.79. The fraction of sp³-hybridized carbons (Fsp3) is 0.364. The van der Waals surface area contributed by atoms with Gasteiger partial charge in [-0.05, 0) is 62.8 Å². The lowest BCUT2D eigenvalue weighted by molar-refractivity contribution is 0.360. The van der Waals surface area contributed by atoms with Crippen LogP contribution in [0.5, 0.6) is 0 Å². The second kappa shape index (κ2) is 6.71. The molecule has 5 rings (SSSR count). The number of hydrogen-bond acceptors (Lipinski definition) is 4. The third-order valence-corrected chi connectivity index (χ3v) is 5.74. The van der Waals surface area contributed by atoms with Gasteiger partial charge in [-0.1, -0.05) is 6.92 Å². The largest absolute Gasteiger partial charge is 0.355 e. The van der Waals surface area contributed by atoms with Crippen molar-refractivity contribution < 1.29 is 4.39 Å². The van der Waals surface area contributed by atoms with E-state index < -0.39 is 0 Å². The lowest BCUT2D eigenvalue weighted by Gasteiger charge is -2.22. The Morgan fingerprint density at radius 1 is 0.964 bits per heavy atom. The molecule has 1 aliphatic heterocycles. The van der Waals surface area contributed by atoms with Crippen LogP contribution in [0.15, 0.2) is 36.4 Å². The Bertz CT molecular complexity index is 1180. The number of anilines is 1. The van der Waals surface area contributed by atoms with Crippen molar-refractivity contribution in [1.82, 2.24) is 19.3 Å². The first-order valence-electron chi connectivity index (χ1n) is 9.98. The Balaban J connectivity index is 1.75. The highest BCUT2D eigenvalue weighted by atomic mass is 19.1. The molecular weight excluding hydrogens is 353 g/mol. The Kier molecular flexibility index (Phi) is 4.16. The van der Waals surface area contributed by atoms with Crippen molar-refractivity contribution in [3.8, 4) is 0 Å². The number of aryl methyl sites for hydroxylation is 1. The summed E-state index contributed by atoms with van der Waals surface area (Å²) in [5.74, 6) is 0.764. The minimum absolute atomic E-state index is 0.221. The van der Waals surface area contributed by atoms with Gasteiger partial charge in [-0.15, -0.1) is 0 Å². The molecule has 28 heavy (non-hydrogen) atoms. The molecule has 0 amide bonds. The highest BCUT2D eigenvalue weighted by molar-refractivity contribution is 5.93. The molecule has 1 saturated heterocycles. The van der Waals surface area contributed by atoms with E-state index in [2.05, 4.69) is 40.3 Å². The van der Waals surface area contributed by atoms with Crippen molar-refractivity contribution in [2.75, 3.05) is 38.1 Å². The van der Waals surface area contributed by atoms with Crippen molar-refractivity contribution in [3.05, 3.63) is 47.9 Å². The number of hydrogen-bond donors (Lipinski definition) is 0. The second-order valence-corrected chi connectivity index (χ2v) is 7.64. The maximum atomic E-state index is 13.8. The molecule has 0 bridgehead atoms. The van der Waals surface area contributed by atoms with Crippen LogP contribution in [0.3, 0.4) is 0 Å². The number of likely N-dealkylation sites (N-methyl/N-ethyl adjacent to an activating group) is 1. The number of aromatic nitrogens is 3. The normalized spacial score (nSPS) is 16.3. The summed E-state index contributed by atoms with van der Waals surface area (Å²) in [5.41, 5.74) is 4.70. The SMILES string of the molecule is CCc1nc2ccc(N3CCCN(C)CC3)nc2n2c1cc1cc(F)ccc12. The summed E-state index contributed by atoms with van der Waals surface area (Å²) in [7, 11) is 2.17. The van der Waals surface area contributed by atoms with Crippen LogP contribution in [-0.4, -0.2) is 52.5 Å². The predicted octanol–water partition coefficient (Wildman–Crippen LogP) is 3.88. The summed E-state index contributed by atoms with van der Waals surface area (Å²) in [4.78, 5) is 14.6. The number of rotatable bonds is 2. The van der Waals surface area contributed by atoms with Gasteiger partial charge < -0.3 is 9.80 Å². The van der Waals surface area contributed by atoms with Crippen LogP contribution in [0.2, 0.25) is 0 Å². The van der Waals surface area contributed by atoms with Crippen LogP contribution in [0.25, 0.3) is 27.6 Å². The maximum absolute atomic E-state index is 13.8. The molecular formula is C22H24FN5. The first kappa shape index (κ1) is 17.4. The fourth-order valence-corrected chi connectivity index (χ4v) is 4.22. The molecule has 0 radical (unpaired) electrons. The molecule has 1 aromatic carbocycles. The van der Waals surface area contributed by atoms with E-state index in [0.717, 1.165) is 78.1 Å². The van der Waals surface area contributed by atoms with Gasteiger partial charge in [0.25, 0.3) is 0 Å². The number of benzene rings is 1. The number of fused-ring (bicyclic) bond motifs is 5. The number of nitrogens with zero attached hydrogens (tertiary/aromatic N) is 5. The van der Waals surface area contributed by atoms with E-state index in [1.54, 1.807) is 6.07 Å². The first-order chi connectivity index (χ1) is 13.6. The van der Waals surface area contributed by atoms with Gasteiger partial charge in [0.2, 0.25) is 0 Å². The van der Waals surface area contributed by atoms with Crippen LogP contribution in [-0.2, 0) is 6.42 Å². The molecule has 0 unspecified atom stereocenters. The monoisotopic (exact) mass is 377 g/mol. The Morgan fingerprint density at radius 3 is 2.71 bits per heavy atom. The van der Waals surface area contributed by atoms with E-state index in [-0.39, 0.29) is 5.82 Å². The molecule has 144 valence electrons. The Labute approximate surface area is 163 Å². The highest BCUT2D eigenvalue weighted by Gasteiger charge is 2.17. The topological polar surface area (TPSA) is 36.7 Å². The first-order valence-corrected chi connectivity index (χ1v) is 9.98. The van der Waals surface area contributed by atoms with Gasteiger partial charge in [0.1, 0.15) is 17.2 Å². The smallest absolute Gasteiger partial charge is 0.166 e. The molecule has 1 fully saturated rings. The Morgan fingerprint density at radius 2 is 1.86 bits per heavy atom. The lowest BCUT2D eigenvalue weighted by atomic mass is 10.2. The zero-order chi connectivity index (χ0) is 19.3. The van der Waals surface area contributed by atoms with Crippen molar-refractivity contribution >= 4 is 33.4 Å². The zero-order valence-corrected chi connectivity index (χ0v) is 16.3. The summed E-state index contributed by atoms with van der Waals surface area (Å²) in [6, 6.07) is 11.1.